The fourth-order valence-corrected chi connectivity index (χ4v) is 2.05. The van der Waals surface area contributed by atoms with Crippen LogP contribution in [0.15, 0.2) is 30.3 Å². The number of nitrogens with zero attached hydrogens (tertiary/aromatic N) is 1. The van der Waals surface area contributed by atoms with Gasteiger partial charge in [-0.05, 0) is 38.4 Å². The molecule has 0 fully saturated rings. The largest absolute Gasteiger partial charge is 0.301 e. The fraction of sp³-hybridized carbons (Fsp3) is 0.571. The van der Waals surface area contributed by atoms with E-state index in [9.17, 15) is 0 Å². The van der Waals surface area contributed by atoms with Crippen molar-refractivity contribution < 1.29 is 0 Å². The lowest BCUT2D eigenvalue weighted by molar-refractivity contribution is 0.221. The van der Waals surface area contributed by atoms with Crippen molar-refractivity contribution in [3.8, 4) is 0 Å². The van der Waals surface area contributed by atoms with E-state index in [-0.39, 0.29) is 0 Å². The number of aryl methyl sites for hydroxylation is 1. The van der Waals surface area contributed by atoms with Gasteiger partial charge in [0.15, 0.2) is 0 Å². The first-order valence-corrected chi connectivity index (χ1v) is 6.05. The van der Waals surface area contributed by atoms with Gasteiger partial charge in [0.2, 0.25) is 0 Å². The molecule has 0 aromatic heterocycles. The summed E-state index contributed by atoms with van der Waals surface area (Å²) in [4.78, 5) is 2.52. The third kappa shape index (κ3) is 4.05. The molecule has 0 N–H and O–H groups in total. The maximum Gasteiger partial charge on any atom is 0.00698 e. The molecule has 0 aliphatic heterocycles. The summed E-state index contributed by atoms with van der Waals surface area (Å²) in [6, 6.07) is 11.5. The zero-order valence-corrected chi connectivity index (χ0v) is 10.2. The zero-order valence-electron chi connectivity index (χ0n) is 10.2. The number of benzene rings is 1. The second-order valence-electron chi connectivity index (χ2n) is 4.09. The van der Waals surface area contributed by atoms with Gasteiger partial charge in [-0.25, -0.2) is 0 Å². The Morgan fingerprint density at radius 3 is 2.20 bits per heavy atom. The van der Waals surface area contributed by atoms with Crippen LogP contribution < -0.4 is 0 Å². The molecule has 0 radical (unpaired) electrons. The summed E-state index contributed by atoms with van der Waals surface area (Å²) in [5.74, 6) is 0. The van der Waals surface area contributed by atoms with Gasteiger partial charge in [-0.15, -0.1) is 0 Å². The van der Waals surface area contributed by atoms with E-state index < -0.39 is 0 Å². The van der Waals surface area contributed by atoms with E-state index in [0.717, 1.165) is 13.1 Å². The van der Waals surface area contributed by atoms with E-state index in [1.165, 1.54) is 18.4 Å². The summed E-state index contributed by atoms with van der Waals surface area (Å²) < 4.78 is 0. The lowest BCUT2D eigenvalue weighted by Crippen LogP contribution is -2.32. The molecule has 0 heterocycles. The highest BCUT2D eigenvalue weighted by Gasteiger charge is 2.09. The van der Waals surface area contributed by atoms with Crippen molar-refractivity contribution >= 4 is 0 Å². The van der Waals surface area contributed by atoms with Crippen LogP contribution in [0.5, 0.6) is 0 Å². The summed E-state index contributed by atoms with van der Waals surface area (Å²) in [6.07, 6.45) is 2.45. The van der Waals surface area contributed by atoms with E-state index in [2.05, 4.69) is 56.0 Å². The molecule has 0 aliphatic carbocycles. The fourth-order valence-electron chi connectivity index (χ4n) is 2.05. The molecular formula is C14H23N. The predicted molar refractivity (Wildman–Crippen MR) is 67.1 cm³/mol. The minimum Gasteiger partial charge on any atom is -0.301 e. The van der Waals surface area contributed by atoms with Crippen LogP contribution in [0.1, 0.15) is 32.8 Å². The Labute approximate surface area is 94.1 Å². The molecule has 15 heavy (non-hydrogen) atoms. The molecule has 0 amide bonds. The predicted octanol–water partition coefficient (Wildman–Crippen LogP) is 3.35. The molecule has 0 saturated heterocycles. The van der Waals surface area contributed by atoms with E-state index in [4.69, 9.17) is 0 Å². The molecule has 1 heteroatoms. The third-order valence-corrected chi connectivity index (χ3v) is 3.13. The first-order chi connectivity index (χ1) is 7.27. The minimum atomic E-state index is 0.695. The molecule has 1 rings (SSSR count). The second kappa shape index (κ2) is 6.62. The summed E-state index contributed by atoms with van der Waals surface area (Å²) in [5.41, 5.74) is 1.46. The van der Waals surface area contributed by atoms with Gasteiger partial charge in [0, 0.05) is 6.04 Å². The highest BCUT2D eigenvalue weighted by atomic mass is 15.1. The maximum atomic E-state index is 2.52. The monoisotopic (exact) mass is 205 g/mol. The van der Waals surface area contributed by atoms with Crippen molar-refractivity contribution in [3.63, 3.8) is 0 Å². The SMILES string of the molecule is CCN(CC)C(C)CCc1ccccc1. The maximum absolute atomic E-state index is 2.52. The topological polar surface area (TPSA) is 3.24 Å². The highest BCUT2D eigenvalue weighted by molar-refractivity contribution is 5.14. The van der Waals surface area contributed by atoms with Crippen LogP contribution in [0, 0.1) is 0 Å². The molecule has 1 unspecified atom stereocenters. The zero-order chi connectivity index (χ0) is 11.1. The summed E-state index contributed by atoms with van der Waals surface area (Å²) in [7, 11) is 0. The Hall–Kier alpha value is -0.820. The van der Waals surface area contributed by atoms with Gasteiger partial charge in [0.25, 0.3) is 0 Å². The molecule has 1 aromatic carbocycles. The molecule has 0 spiro atoms. The van der Waals surface area contributed by atoms with Gasteiger partial charge < -0.3 is 4.90 Å². The molecule has 1 nitrogen and oxygen atoms in total. The van der Waals surface area contributed by atoms with Crippen LogP contribution >= 0.6 is 0 Å². The summed E-state index contributed by atoms with van der Waals surface area (Å²) >= 11 is 0. The van der Waals surface area contributed by atoms with Crippen molar-refractivity contribution in [3.05, 3.63) is 35.9 Å². The van der Waals surface area contributed by atoms with Gasteiger partial charge in [-0.1, -0.05) is 44.2 Å². The number of hydrogen-bond acceptors (Lipinski definition) is 1. The number of hydrogen-bond donors (Lipinski definition) is 0. The van der Waals surface area contributed by atoms with Crippen molar-refractivity contribution in [1.29, 1.82) is 0 Å². The van der Waals surface area contributed by atoms with Crippen molar-refractivity contribution in [2.24, 2.45) is 0 Å². The Morgan fingerprint density at radius 1 is 1.07 bits per heavy atom. The third-order valence-electron chi connectivity index (χ3n) is 3.13. The number of rotatable bonds is 6. The second-order valence-corrected chi connectivity index (χ2v) is 4.09. The van der Waals surface area contributed by atoms with Gasteiger partial charge in [-0.2, -0.15) is 0 Å². The lowest BCUT2D eigenvalue weighted by Gasteiger charge is -2.26. The first-order valence-electron chi connectivity index (χ1n) is 6.05. The average Bonchev–Trinajstić information content (AvgIpc) is 2.29. The van der Waals surface area contributed by atoms with E-state index in [1.807, 2.05) is 0 Å². The summed E-state index contributed by atoms with van der Waals surface area (Å²) in [5, 5.41) is 0. The van der Waals surface area contributed by atoms with Gasteiger partial charge in [0.05, 0.1) is 0 Å². The smallest absolute Gasteiger partial charge is 0.00698 e. The average molecular weight is 205 g/mol. The standard InChI is InChI=1S/C14H23N/c1-4-15(5-2)13(3)11-12-14-9-7-6-8-10-14/h6-10,13H,4-5,11-12H2,1-3H3. The molecule has 84 valence electrons. The highest BCUT2D eigenvalue weighted by Crippen LogP contribution is 2.09. The van der Waals surface area contributed by atoms with E-state index in [0.29, 0.717) is 6.04 Å². The Balaban J connectivity index is 2.36. The van der Waals surface area contributed by atoms with Crippen LogP contribution in [0.4, 0.5) is 0 Å². The van der Waals surface area contributed by atoms with E-state index in [1.54, 1.807) is 0 Å². The Kier molecular flexibility index (Phi) is 5.41. The van der Waals surface area contributed by atoms with Crippen LogP contribution in [0.2, 0.25) is 0 Å². The van der Waals surface area contributed by atoms with Crippen LogP contribution in [0.25, 0.3) is 0 Å². The van der Waals surface area contributed by atoms with Crippen molar-refractivity contribution in [2.45, 2.75) is 39.7 Å². The molecule has 0 bridgehead atoms. The first kappa shape index (κ1) is 12.3. The van der Waals surface area contributed by atoms with Crippen molar-refractivity contribution in [2.75, 3.05) is 13.1 Å². The quantitative estimate of drug-likeness (QED) is 0.688. The molecule has 0 aliphatic rings. The van der Waals surface area contributed by atoms with Crippen LogP contribution in [0.3, 0.4) is 0 Å². The van der Waals surface area contributed by atoms with Gasteiger partial charge in [0.1, 0.15) is 0 Å². The van der Waals surface area contributed by atoms with Gasteiger partial charge in [-0.3, -0.25) is 0 Å². The minimum absolute atomic E-state index is 0.695. The van der Waals surface area contributed by atoms with E-state index >= 15 is 0 Å². The summed E-state index contributed by atoms with van der Waals surface area (Å²) in [6.45, 7) is 9.12. The Bertz CT molecular complexity index is 251. The molecule has 1 aromatic rings. The lowest BCUT2D eigenvalue weighted by atomic mass is 10.1. The van der Waals surface area contributed by atoms with Crippen LogP contribution in [-0.2, 0) is 6.42 Å². The molecule has 1 atom stereocenters. The van der Waals surface area contributed by atoms with Crippen molar-refractivity contribution in [1.82, 2.24) is 4.90 Å². The molecular weight excluding hydrogens is 182 g/mol. The van der Waals surface area contributed by atoms with Gasteiger partial charge >= 0.3 is 0 Å². The Morgan fingerprint density at radius 2 is 1.67 bits per heavy atom. The van der Waals surface area contributed by atoms with Crippen LogP contribution in [-0.4, -0.2) is 24.0 Å². The normalized spacial score (nSPS) is 13.1. The molecule has 0 saturated carbocycles.